The number of amides is 3. The second kappa shape index (κ2) is 15.7. The van der Waals surface area contributed by atoms with Crippen molar-refractivity contribution in [2.45, 2.75) is 161 Å². The average molecular weight is 841 g/mol. The molecule has 4 aliphatic carbocycles. The van der Waals surface area contributed by atoms with Gasteiger partial charge < -0.3 is 49.4 Å². The Bertz CT molecular complexity index is 1880. The van der Waals surface area contributed by atoms with Crippen molar-refractivity contribution >= 4 is 37.2 Å². The number of esters is 1. The number of primary amides is 1. The minimum Gasteiger partial charge on any atom is -0.487 e. The fraction of sp³-hybridized carbons (Fsp3) is 0.744. The van der Waals surface area contributed by atoms with Gasteiger partial charge in [-0.3, -0.25) is 14.5 Å². The van der Waals surface area contributed by atoms with Crippen LogP contribution in [0.25, 0.3) is 0 Å². The Kier molecular flexibility index (Phi) is 11.9. The van der Waals surface area contributed by atoms with E-state index in [1.807, 2.05) is 4.90 Å². The number of ether oxygens (including phenoxy) is 5. The fourth-order valence-electron chi connectivity index (χ4n) is 9.33. The van der Waals surface area contributed by atoms with Crippen LogP contribution >= 0.6 is 0 Å². The molecule has 332 valence electrons. The first-order valence-electron chi connectivity index (χ1n) is 21.1. The maximum atomic E-state index is 14.2. The van der Waals surface area contributed by atoms with Crippen LogP contribution < -0.4 is 25.8 Å². The van der Waals surface area contributed by atoms with Crippen LogP contribution in [0.5, 0.6) is 11.5 Å². The molecule has 4 saturated carbocycles. The zero-order valence-corrected chi connectivity index (χ0v) is 37.6. The van der Waals surface area contributed by atoms with E-state index in [4.69, 9.17) is 38.7 Å². The molecule has 1 aromatic carbocycles. The summed E-state index contributed by atoms with van der Waals surface area (Å²) in [7, 11) is -0.454. The molecule has 7 rings (SSSR count). The molecule has 0 radical (unpaired) electrons. The Morgan fingerprint density at radius 1 is 0.883 bits per heavy atom. The Balaban J connectivity index is 1.25. The van der Waals surface area contributed by atoms with E-state index in [0.29, 0.717) is 23.8 Å². The monoisotopic (exact) mass is 840 g/mol. The lowest BCUT2D eigenvalue weighted by Gasteiger charge is -2.64. The summed E-state index contributed by atoms with van der Waals surface area (Å²) >= 11 is 0. The third kappa shape index (κ3) is 9.83. The summed E-state index contributed by atoms with van der Waals surface area (Å²) < 4.78 is 42.8. The molecule has 0 aromatic heterocycles. The van der Waals surface area contributed by atoms with Crippen molar-refractivity contribution in [2.75, 3.05) is 26.2 Å². The molecule has 16 nitrogen and oxygen atoms in total. The van der Waals surface area contributed by atoms with Gasteiger partial charge in [0.2, 0.25) is 11.8 Å². The normalized spacial score (nSPS) is 28.1. The molecule has 17 heteroatoms. The minimum atomic E-state index is -1.53. The van der Waals surface area contributed by atoms with Crippen LogP contribution in [0.4, 0.5) is 9.59 Å². The van der Waals surface area contributed by atoms with Gasteiger partial charge in [-0.25, -0.2) is 14.4 Å². The first-order valence-corrected chi connectivity index (χ1v) is 21.1. The van der Waals surface area contributed by atoms with Gasteiger partial charge >= 0.3 is 25.3 Å². The van der Waals surface area contributed by atoms with E-state index in [1.54, 1.807) is 74.4 Å². The number of hydrogen-bond acceptors (Lipinski definition) is 13. The van der Waals surface area contributed by atoms with E-state index < -0.39 is 77.7 Å². The number of rotatable bonds is 12. The van der Waals surface area contributed by atoms with E-state index in [-0.39, 0.29) is 60.0 Å². The molecule has 2 bridgehead atoms. The second-order valence-electron chi connectivity index (χ2n) is 21.3. The van der Waals surface area contributed by atoms with Crippen molar-refractivity contribution in [3.8, 4) is 11.5 Å². The standard InChI is InChI=1S/C43H65BN4O12/c1-38(2,3)56-34(50)32-28(54-24-20-48(21-24)22-42(12,35(51)46-19-31(45)49)47-36(52)57-39(4,5)6)15-14-25(33(32)55-37(53)58-40(7,8)9)26-18-27(26)44-59-30-17-23-16-29(41(23,10)11)43(30,13)60-44/h14-15,23-24,26-27,29-30H,16-22H2,1-13H3,(H2,45,49)(H,46,51)(H,47,52)/t23-,26?,27?,29-,30?,42?,43-/m0/s1. The molecule has 6 fully saturated rings. The lowest BCUT2D eigenvalue weighted by atomic mass is 9.43. The van der Waals surface area contributed by atoms with Crippen molar-refractivity contribution in [3.05, 3.63) is 23.3 Å². The molecule has 4 unspecified atom stereocenters. The summed E-state index contributed by atoms with van der Waals surface area (Å²) in [5, 5.41) is 5.12. The molecule has 7 atom stereocenters. The van der Waals surface area contributed by atoms with Crippen molar-refractivity contribution in [1.29, 1.82) is 0 Å². The topological polar surface area (TPSA) is 203 Å². The second-order valence-corrected chi connectivity index (χ2v) is 21.3. The quantitative estimate of drug-likeness (QED) is 0.103. The zero-order chi connectivity index (χ0) is 44.5. The van der Waals surface area contributed by atoms with E-state index in [0.717, 1.165) is 12.8 Å². The predicted molar refractivity (Wildman–Crippen MR) is 221 cm³/mol. The largest absolute Gasteiger partial charge is 0.514 e. The van der Waals surface area contributed by atoms with Crippen LogP contribution in [0.1, 0.15) is 131 Å². The first-order chi connectivity index (χ1) is 27.5. The van der Waals surface area contributed by atoms with Crippen molar-refractivity contribution in [3.63, 3.8) is 0 Å². The van der Waals surface area contributed by atoms with Crippen molar-refractivity contribution in [1.82, 2.24) is 15.5 Å². The number of carbonyl (C=O) groups is 5. The number of hydrogen-bond donors (Lipinski definition) is 3. The van der Waals surface area contributed by atoms with Gasteiger partial charge in [-0.1, -0.05) is 19.9 Å². The van der Waals surface area contributed by atoms with E-state index in [2.05, 4.69) is 31.4 Å². The summed E-state index contributed by atoms with van der Waals surface area (Å²) in [6.07, 6.45) is 0.484. The van der Waals surface area contributed by atoms with Crippen LogP contribution in [0.3, 0.4) is 0 Å². The number of alkyl carbamates (subject to hydrolysis) is 1. The molecule has 2 heterocycles. The van der Waals surface area contributed by atoms with Crippen LogP contribution in [-0.4, -0.2) is 108 Å². The van der Waals surface area contributed by atoms with Gasteiger partial charge in [0.05, 0.1) is 18.2 Å². The molecule has 2 aliphatic heterocycles. The number of likely N-dealkylation sites (tertiary alicyclic amines) is 1. The molecular formula is C43H65BN4O12. The third-order valence-corrected chi connectivity index (χ3v) is 12.3. The SMILES string of the molecule is CC(C)(C)OC(=O)NC(C)(CN1CC(Oc2ccc(C3CC3B3OC4C[C@@H]5C[C@@H](C5(C)C)[C@]4(C)O3)c(OC(=O)OC(C)(C)C)c2C(=O)OC(C)(C)C)C1)C(=O)NCC(N)=O. The number of nitrogens with one attached hydrogen (secondary N) is 2. The third-order valence-electron chi connectivity index (χ3n) is 12.3. The summed E-state index contributed by atoms with van der Waals surface area (Å²) in [6, 6.07) is 3.49. The average Bonchev–Trinajstić information content (AvgIpc) is 3.76. The van der Waals surface area contributed by atoms with Crippen LogP contribution in [0.2, 0.25) is 5.82 Å². The molecule has 60 heavy (non-hydrogen) atoms. The molecule has 6 aliphatic rings. The number of carbonyl (C=O) groups excluding carboxylic acids is 5. The number of benzene rings is 1. The van der Waals surface area contributed by atoms with Gasteiger partial charge in [0.1, 0.15) is 39.8 Å². The van der Waals surface area contributed by atoms with E-state index in [9.17, 15) is 24.0 Å². The lowest BCUT2D eigenvalue weighted by Crippen LogP contribution is -2.67. The number of nitrogens with zero attached hydrogens (tertiary/aromatic N) is 1. The van der Waals surface area contributed by atoms with Gasteiger partial charge in [0.25, 0.3) is 0 Å². The van der Waals surface area contributed by atoms with Crippen LogP contribution in [-0.2, 0) is 33.1 Å². The maximum absolute atomic E-state index is 14.2. The highest BCUT2D eigenvalue weighted by molar-refractivity contribution is 6.49. The first kappa shape index (κ1) is 45.4. The van der Waals surface area contributed by atoms with E-state index in [1.165, 1.54) is 6.92 Å². The molecule has 0 spiro atoms. The molecule has 2 saturated heterocycles. The minimum absolute atomic E-state index is 0.00337. The molecular weight excluding hydrogens is 775 g/mol. The van der Waals surface area contributed by atoms with Crippen molar-refractivity contribution in [2.24, 2.45) is 23.0 Å². The molecule has 1 aromatic rings. The Morgan fingerprint density at radius 3 is 2.10 bits per heavy atom. The van der Waals surface area contributed by atoms with Crippen molar-refractivity contribution < 1.29 is 57.0 Å². The Hall–Kier alpha value is -4.09. The van der Waals surface area contributed by atoms with Crippen LogP contribution in [0.15, 0.2) is 12.1 Å². The summed E-state index contributed by atoms with van der Waals surface area (Å²) in [5.41, 5.74) is 1.46. The van der Waals surface area contributed by atoms with Crippen LogP contribution in [0, 0.1) is 17.3 Å². The highest BCUT2D eigenvalue weighted by Crippen LogP contribution is 2.68. The lowest BCUT2D eigenvalue weighted by molar-refractivity contribution is -0.199. The van der Waals surface area contributed by atoms with Gasteiger partial charge in [-0.2, -0.15) is 0 Å². The van der Waals surface area contributed by atoms with Gasteiger partial charge in [-0.15, -0.1) is 0 Å². The molecule has 4 N–H and O–H groups in total. The summed E-state index contributed by atoms with van der Waals surface area (Å²) in [5.74, 6) is -1.21. The fourth-order valence-corrected chi connectivity index (χ4v) is 9.33. The maximum Gasteiger partial charge on any atom is 0.514 e. The highest BCUT2D eigenvalue weighted by atomic mass is 16.7. The highest BCUT2D eigenvalue weighted by Gasteiger charge is 2.70. The molecule has 3 amide bonds. The zero-order valence-electron chi connectivity index (χ0n) is 37.6. The summed E-state index contributed by atoms with van der Waals surface area (Å²) in [4.78, 5) is 67.1. The predicted octanol–water partition coefficient (Wildman–Crippen LogP) is 5.49. The van der Waals surface area contributed by atoms with Gasteiger partial charge in [-0.05, 0) is 130 Å². The Morgan fingerprint density at radius 2 is 1.52 bits per heavy atom. The van der Waals surface area contributed by atoms with Gasteiger partial charge in [0, 0.05) is 25.5 Å². The van der Waals surface area contributed by atoms with E-state index >= 15 is 0 Å². The number of nitrogens with two attached hydrogens (primary N) is 1. The summed E-state index contributed by atoms with van der Waals surface area (Å²) in [6.45, 7) is 24.0. The smallest absolute Gasteiger partial charge is 0.487 e. The Labute approximate surface area is 354 Å². The van der Waals surface area contributed by atoms with Gasteiger partial charge in [0.15, 0.2) is 5.75 Å².